The predicted octanol–water partition coefficient (Wildman–Crippen LogP) is 1.57. The lowest BCUT2D eigenvalue weighted by Gasteiger charge is -2.26. The van der Waals surface area contributed by atoms with Crippen LogP contribution in [0.2, 0.25) is 0 Å². The van der Waals surface area contributed by atoms with E-state index in [0.29, 0.717) is 24.1 Å². The van der Waals surface area contributed by atoms with Crippen LogP contribution in [0.25, 0.3) is 0 Å². The molecular weight excluding hydrogens is 266 g/mol. The highest BCUT2D eigenvalue weighted by molar-refractivity contribution is 5.97. The summed E-state index contributed by atoms with van der Waals surface area (Å²) in [5, 5.41) is 17.9. The van der Waals surface area contributed by atoms with Crippen molar-refractivity contribution < 1.29 is 15.0 Å². The van der Waals surface area contributed by atoms with Crippen LogP contribution in [0.1, 0.15) is 41.8 Å². The number of aryl methyl sites for hydroxylation is 1. The molecule has 0 heterocycles. The number of aliphatic hydroxyl groups is 2. The zero-order valence-electron chi connectivity index (χ0n) is 12.9. The monoisotopic (exact) mass is 289 g/mol. The van der Waals surface area contributed by atoms with Crippen molar-refractivity contribution >= 4 is 5.91 Å². The number of aliphatic hydroxyl groups excluding tert-OH is 2. The Labute approximate surface area is 126 Å². The predicted molar refractivity (Wildman–Crippen MR) is 83.0 cm³/mol. The summed E-state index contributed by atoms with van der Waals surface area (Å²) in [4.78, 5) is 14.3. The maximum absolute atomic E-state index is 12.7. The largest absolute Gasteiger partial charge is 0.395 e. The van der Waals surface area contributed by atoms with Crippen LogP contribution < -0.4 is 0 Å². The topological polar surface area (TPSA) is 60.8 Å². The van der Waals surface area contributed by atoms with E-state index in [1.807, 2.05) is 39.0 Å². The van der Waals surface area contributed by atoms with Gasteiger partial charge in [-0.1, -0.05) is 23.5 Å². The Morgan fingerprint density at radius 3 is 2.57 bits per heavy atom. The van der Waals surface area contributed by atoms with Crippen molar-refractivity contribution in [1.29, 1.82) is 0 Å². The molecule has 114 valence electrons. The van der Waals surface area contributed by atoms with Crippen molar-refractivity contribution in [2.45, 2.75) is 33.2 Å². The number of benzene rings is 1. The second-order valence-corrected chi connectivity index (χ2v) is 5.14. The highest BCUT2D eigenvalue weighted by atomic mass is 16.3. The van der Waals surface area contributed by atoms with Crippen molar-refractivity contribution in [3.63, 3.8) is 0 Å². The van der Waals surface area contributed by atoms with Gasteiger partial charge in [0.15, 0.2) is 0 Å². The standard InChI is InChI=1S/C17H23NO3/c1-13(2)18(9-11-20)17(21)16-12-14(3)7-8-15(16)6-4-5-10-19/h7-8,12-13,19-20H,5,9-11H2,1-3H3. The van der Waals surface area contributed by atoms with Crippen LogP contribution in [0.4, 0.5) is 0 Å². The minimum atomic E-state index is -0.129. The van der Waals surface area contributed by atoms with Gasteiger partial charge in [0.05, 0.1) is 18.8 Å². The number of carbonyl (C=O) groups is 1. The fourth-order valence-electron chi connectivity index (χ4n) is 2.01. The van der Waals surface area contributed by atoms with E-state index >= 15 is 0 Å². The number of hydrogen-bond acceptors (Lipinski definition) is 3. The summed E-state index contributed by atoms with van der Waals surface area (Å²) in [5.74, 6) is 5.66. The molecule has 1 aromatic carbocycles. The molecule has 0 saturated heterocycles. The highest BCUT2D eigenvalue weighted by Crippen LogP contribution is 2.15. The first kappa shape index (κ1) is 17.2. The molecule has 0 aliphatic carbocycles. The van der Waals surface area contributed by atoms with E-state index in [1.54, 1.807) is 4.90 Å². The summed E-state index contributed by atoms with van der Waals surface area (Å²) in [6.07, 6.45) is 0.381. The van der Waals surface area contributed by atoms with Gasteiger partial charge in [0.25, 0.3) is 5.91 Å². The van der Waals surface area contributed by atoms with Crippen LogP contribution in [-0.4, -0.2) is 46.8 Å². The summed E-state index contributed by atoms with van der Waals surface area (Å²) in [6.45, 7) is 5.99. The van der Waals surface area contributed by atoms with Crippen molar-refractivity contribution in [3.05, 3.63) is 34.9 Å². The van der Waals surface area contributed by atoms with Gasteiger partial charge in [-0.3, -0.25) is 4.79 Å². The Morgan fingerprint density at radius 1 is 1.29 bits per heavy atom. The molecule has 21 heavy (non-hydrogen) atoms. The van der Waals surface area contributed by atoms with E-state index in [4.69, 9.17) is 10.2 Å². The smallest absolute Gasteiger partial charge is 0.255 e. The van der Waals surface area contributed by atoms with E-state index < -0.39 is 0 Å². The van der Waals surface area contributed by atoms with Gasteiger partial charge < -0.3 is 15.1 Å². The van der Waals surface area contributed by atoms with E-state index in [1.165, 1.54) is 0 Å². The van der Waals surface area contributed by atoms with Crippen molar-refractivity contribution in [3.8, 4) is 11.8 Å². The van der Waals surface area contributed by atoms with Gasteiger partial charge >= 0.3 is 0 Å². The molecule has 4 heteroatoms. The lowest BCUT2D eigenvalue weighted by molar-refractivity contribution is 0.0665. The molecular formula is C17H23NO3. The molecule has 1 rings (SSSR count). The van der Waals surface area contributed by atoms with Crippen LogP contribution >= 0.6 is 0 Å². The lowest BCUT2D eigenvalue weighted by Crippen LogP contribution is -2.39. The Hall–Kier alpha value is -1.83. The maximum atomic E-state index is 12.7. The zero-order chi connectivity index (χ0) is 15.8. The first-order valence-electron chi connectivity index (χ1n) is 7.13. The van der Waals surface area contributed by atoms with Gasteiger partial charge in [-0.15, -0.1) is 0 Å². The summed E-state index contributed by atoms with van der Waals surface area (Å²) < 4.78 is 0. The van der Waals surface area contributed by atoms with Crippen LogP contribution in [0.15, 0.2) is 18.2 Å². The lowest BCUT2D eigenvalue weighted by atomic mass is 10.0. The number of rotatable bonds is 5. The van der Waals surface area contributed by atoms with Crippen LogP contribution in [0.5, 0.6) is 0 Å². The first-order chi connectivity index (χ1) is 10.0. The van der Waals surface area contributed by atoms with Crippen molar-refractivity contribution in [2.75, 3.05) is 19.8 Å². The first-order valence-corrected chi connectivity index (χ1v) is 7.13. The molecule has 1 amide bonds. The van der Waals surface area contributed by atoms with E-state index in [9.17, 15) is 4.79 Å². The Morgan fingerprint density at radius 2 is 2.00 bits per heavy atom. The third-order valence-corrected chi connectivity index (χ3v) is 3.09. The minimum Gasteiger partial charge on any atom is -0.395 e. The zero-order valence-corrected chi connectivity index (χ0v) is 12.9. The fraction of sp³-hybridized carbons (Fsp3) is 0.471. The van der Waals surface area contributed by atoms with Gasteiger partial charge in [-0.25, -0.2) is 0 Å². The number of hydrogen-bond donors (Lipinski definition) is 2. The molecule has 2 N–H and O–H groups in total. The van der Waals surface area contributed by atoms with Gasteiger partial charge in [0.1, 0.15) is 0 Å². The summed E-state index contributed by atoms with van der Waals surface area (Å²) in [5.41, 5.74) is 2.18. The average molecular weight is 289 g/mol. The normalized spacial score (nSPS) is 10.2. The molecule has 1 aromatic rings. The molecule has 0 aliphatic rings. The maximum Gasteiger partial charge on any atom is 0.255 e. The van der Waals surface area contributed by atoms with Crippen molar-refractivity contribution in [2.24, 2.45) is 0 Å². The molecule has 4 nitrogen and oxygen atoms in total. The van der Waals surface area contributed by atoms with Gasteiger partial charge in [0.2, 0.25) is 0 Å². The molecule has 0 aromatic heterocycles. The highest BCUT2D eigenvalue weighted by Gasteiger charge is 2.20. The second kappa shape index (κ2) is 8.46. The molecule has 0 atom stereocenters. The third kappa shape index (κ3) is 4.89. The van der Waals surface area contributed by atoms with E-state index in [-0.39, 0.29) is 25.2 Å². The van der Waals surface area contributed by atoms with Crippen LogP contribution in [0.3, 0.4) is 0 Å². The number of nitrogens with zero attached hydrogens (tertiary/aromatic N) is 1. The van der Waals surface area contributed by atoms with Crippen LogP contribution in [-0.2, 0) is 0 Å². The molecule has 0 fully saturated rings. The molecule has 0 saturated carbocycles. The Bertz CT molecular complexity index is 541. The minimum absolute atomic E-state index is 0.00316. The quantitative estimate of drug-likeness (QED) is 0.809. The van der Waals surface area contributed by atoms with Gasteiger partial charge in [-0.05, 0) is 32.9 Å². The molecule has 0 aliphatic heterocycles. The van der Waals surface area contributed by atoms with Gasteiger partial charge in [0, 0.05) is 24.6 Å². The fourth-order valence-corrected chi connectivity index (χ4v) is 2.01. The van der Waals surface area contributed by atoms with Crippen molar-refractivity contribution in [1.82, 2.24) is 4.90 Å². The molecule has 0 radical (unpaired) electrons. The Balaban J connectivity index is 3.17. The second-order valence-electron chi connectivity index (χ2n) is 5.14. The van der Waals surface area contributed by atoms with Gasteiger partial charge in [-0.2, -0.15) is 0 Å². The SMILES string of the molecule is Cc1ccc(C#CCCO)c(C(=O)N(CCO)C(C)C)c1. The Kier molecular flexibility index (Phi) is 6.93. The van der Waals surface area contributed by atoms with E-state index in [2.05, 4.69) is 11.8 Å². The third-order valence-electron chi connectivity index (χ3n) is 3.09. The van der Waals surface area contributed by atoms with E-state index in [0.717, 1.165) is 5.56 Å². The molecule has 0 bridgehead atoms. The summed E-state index contributed by atoms with van der Waals surface area (Å²) in [7, 11) is 0. The molecule has 0 spiro atoms. The average Bonchev–Trinajstić information content (AvgIpc) is 2.45. The number of amides is 1. The van der Waals surface area contributed by atoms with Crippen LogP contribution in [0, 0.1) is 18.8 Å². The molecule has 0 unspecified atom stereocenters. The number of carbonyl (C=O) groups excluding carboxylic acids is 1. The summed E-state index contributed by atoms with van der Waals surface area (Å²) >= 11 is 0. The summed E-state index contributed by atoms with van der Waals surface area (Å²) in [6, 6.07) is 5.55.